The van der Waals surface area contributed by atoms with Crippen LogP contribution >= 0.6 is 0 Å². The number of hydrogen-bond acceptors (Lipinski definition) is 3. The minimum atomic E-state index is -1.46. The molecule has 1 N–H and O–H groups in total. The van der Waals surface area contributed by atoms with Crippen molar-refractivity contribution in [3.63, 3.8) is 0 Å². The maximum absolute atomic E-state index is 12.5. The summed E-state index contributed by atoms with van der Waals surface area (Å²) in [5, 5.41) is 9.60. The molecule has 0 aliphatic rings. The van der Waals surface area contributed by atoms with Crippen molar-refractivity contribution in [1.29, 1.82) is 0 Å². The molecule has 0 rings (SSSR count). The minimum Gasteiger partial charge on any atom is -0.480 e. The van der Waals surface area contributed by atoms with Crippen LogP contribution in [0.2, 0.25) is 0 Å². The molecular formula is C16H30O4. The van der Waals surface area contributed by atoms with E-state index in [4.69, 9.17) is 4.74 Å². The van der Waals surface area contributed by atoms with Gasteiger partial charge in [0.1, 0.15) is 6.10 Å². The second kappa shape index (κ2) is 8.28. The molecule has 0 fully saturated rings. The smallest absolute Gasteiger partial charge is 0.324 e. The van der Waals surface area contributed by atoms with Crippen LogP contribution in [0.15, 0.2) is 0 Å². The van der Waals surface area contributed by atoms with Gasteiger partial charge in [-0.2, -0.15) is 0 Å². The van der Waals surface area contributed by atoms with Crippen LogP contribution in [0.5, 0.6) is 0 Å². The number of carboxylic acids is 1. The average Bonchev–Trinajstić information content (AvgIpc) is 2.33. The number of aliphatic carboxylic acids is 1. The van der Waals surface area contributed by atoms with Crippen LogP contribution in [0, 0.1) is 17.3 Å². The Balaban J connectivity index is 5.19. The van der Waals surface area contributed by atoms with Crippen LogP contribution in [0.4, 0.5) is 0 Å². The van der Waals surface area contributed by atoms with Gasteiger partial charge in [-0.1, -0.05) is 54.4 Å². The predicted molar refractivity (Wildman–Crippen MR) is 79.4 cm³/mol. The summed E-state index contributed by atoms with van der Waals surface area (Å²) >= 11 is 0. The van der Waals surface area contributed by atoms with E-state index in [2.05, 4.69) is 6.92 Å². The topological polar surface area (TPSA) is 63.6 Å². The van der Waals surface area contributed by atoms with Crippen molar-refractivity contribution >= 4 is 11.9 Å². The number of esters is 1. The summed E-state index contributed by atoms with van der Waals surface area (Å²) in [5.41, 5.74) is -1.46. The minimum absolute atomic E-state index is 0.182. The Morgan fingerprint density at radius 3 is 1.90 bits per heavy atom. The number of carbonyl (C=O) groups is 2. The fourth-order valence-electron chi connectivity index (χ4n) is 2.75. The van der Waals surface area contributed by atoms with E-state index in [-0.39, 0.29) is 17.9 Å². The van der Waals surface area contributed by atoms with E-state index < -0.39 is 17.4 Å². The number of rotatable bonds is 9. The maximum atomic E-state index is 12.5. The summed E-state index contributed by atoms with van der Waals surface area (Å²) in [6.07, 6.45) is 3.35. The fraction of sp³-hybridized carbons (Fsp3) is 0.875. The van der Waals surface area contributed by atoms with Gasteiger partial charge in [-0.25, -0.2) is 0 Å². The summed E-state index contributed by atoms with van der Waals surface area (Å²) < 4.78 is 5.53. The van der Waals surface area contributed by atoms with E-state index in [9.17, 15) is 14.7 Å². The van der Waals surface area contributed by atoms with E-state index in [1.54, 1.807) is 27.7 Å². The lowest BCUT2D eigenvalue weighted by molar-refractivity contribution is -0.181. The van der Waals surface area contributed by atoms with Crippen LogP contribution in [-0.4, -0.2) is 23.1 Å². The Morgan fingerprint density at radius 2 is 1.60 bits per heavy atom. The molecule has 20 heavy (non-hydrogen) atoms. The zero-order valence-corrected chi connectivity index (χ0v) is 13.7. The van der Waals surface area contributed by atoms with Gasteiger partial charge < -0.3 is 9.84 Å². The van der Waals surface area contributed by atoms with Crippen molar-refractivity contribution in [2.24, 2.45) is 17.3 Å². The molecule has 0 radical (unpaired) electrons. The van der Waals surface area contributed by atoms with Crippen molar-refractivity contribution in [1.82, 2.24) is 0 Å². The summed E-state index contributed by atoms with van der Waals surface area (Å²) in [6.45, 7) is 11.1. The van der Waals surface area contributed by atoms with Gasteiger partial charge in [-0.3, -0.25) is 9.59 Å². The van der Waals surface area contributed by atoms with Gasteiger partial charge in [0.15, 0.2) is 5.41 Å². The van der Waals surface area contributed by atoms with E-state index in [0.29, 0.717) is 0 Å². The molecule has 0 aromatic heterocycles. The van der Waals surface area contributed by atoms with E-state index in [1.165, 1.54) is 0 Å². The van der Waals surface area contributed by atoms with Crippen molar-refractivity contribution in [3.8, 4) is 0 Å². The molecule has 0 heterocycles. The summed E-state index contributed by atoms with van der Waals surface area (Å²) in [7, 11) is 0. The van der Waals surface area contributed by atoms with Gasteiger partial charge in [0.25, 0.3) is 0 Å². The molecule has 4 heteroatoms. The van der Waals surface area contributed by atoms with E-state index in [1.807, 2.05) is 6.92 Å². The summed E-state index contributed by atoms with van der Waals surface area (Å²) in [4.78, 5) is 24.2. The Labute approximate surface area is 122 Å². The number of unbranched alkanes of at least 4 members (excludes halogenated alkanes) is 1. The normalized spacial score (nSPS) is 13.6. The molecule has 0 bridgehead atoms. The quantitative estimate of drug-likeness (QED) is 0.516. The molecule has 0 saturated carbocycles. The highest BCUT2D eigenvalue weighted by Gasteiger charge is 2.53. The van der Waals surface area contributed by atoms with E-state index >= 15 is 0 Å². The highest BCUT2D eigenvalue weighted by atomic mass is 16.5. The number of carbonyl (C=O) groups excluding carboxylic acids is 1. The van der Waals surface area contributed by atoms with Gasteiger partial charge in [0.05, 0.1) is 0 Å². The van der Waals surface area contributed by atoms with Crippen molar-refractivity contribution < 1.29 is 19.4 Å². The molecule has 0 aromatic carbocycles. The second-order valence-corrected chi connectivity index (χ2v) is 6.06. The zero-order chi connectivity index (χ0) is 15.9. The average molecular weight is 286 g/mol. The molecule has 0 aromatic rings. The largest absolute Gasteiger partial charge is 0.480 e. The highest BCUT2D eigenvalue weighted by Crippen LogP contribution is 2.38. The number of carboxylic acid groups (broad SMARTS) is 1. The first-order chi connectivity index (χ1) is 9.24. The first-order valence-corrected chi connectivity index (χ1v) is 7.69. The monoisotopic (exact) mass is 286 g/mol. The third-order valence-corrected chi connectivity index (χ3v) is 4.12. The van der Waals surface area contributed by atoms with Crippen LogP contribution in [-0.2, 0) is 14.3 Å². The lowest BCUT2D eigenvalue weighted by atomic mass is 9.69. The lowest BCUT2D eigenvalue weighted by Crippen LogP contribution is -2.50. The SMILES string of the molecule is CCCCC(CC)OC(=O)C(C(=O)O)(C(C)C)C(C)C. The molecule has 0 saturated heterocycles. The molecule has 4 nitrogen and oxygen atoms in total. The summed E-state index contributed by atoms with van der Waals surface area (Å²) in [6, 6.07) is 0. The van der Waals surface area contributed by atoms with Crippen molar-refractivity contribution in [2.75, 3.05) is 0 Å². The van der Waals surface area contributed by atoms with Crippen LogP contribution < -0.4 is 0 Å². The van der Waals surface area contributed by atoms with Gasteiger partial charge in [0, 0.05) is 0 Å². The highest BCUT2D eigenvalue weighted by molar-refractivity contribution is 5.99. The van der Waals surface area contributed by atoms with E-state index in [0.717, 1.165) is 25.7 Å². The molecule has 1 atom stereocenters. The number of ether oxygens (including phenoxy) is 1. The Hall–Kier alpha value is -1.06. The Kier molecular flexibility index (Phi) is 7.84. The van der Waals surface area contributed by atoms with Crippen molar-refractivity contribution in [2.45, 2.75) is 73.3 Å². The van der Waals surface area contributed by atoms with Crippen LogP contribution in [0.1, 0.15) is 67.2 Å². The third kappa shape index (κ3) is 3.97. The molecule has 118 valence electrons. The molecule has 0 amide bonds. The van der Waals surface area contributed by atoms with Crippen LogP contribution in [0.25, 0.3) is 0 Å². The maximum Gasteiger partial charge on any atom is 0.324 e. The first-order valence-electron chi connectivity index (χ1n) is 7.69. The Bertz CT molecular complexity index is 312. The zero-order valence-electron chi connectivity index (χ0n) is 13.7. The molecule has 0 spiro atoms. The fourth-order valence-corrected chi connectivity index (χ4v) is 2.75. The molecular weight excluding hydrogens is 256 g/mol. The Morgan fingerprint density at radius 1 is 1.10 bits per heavy atom. The summed E-state index contributed by atoms with van der Waals surface area (Å²) in [5.74, 6) is -2.29. The molecule has 0 aliphatic heterocycles. The standard InChI is InChI=1S/C16H30O4/c1-7-9-10-13(8-2)20-15(19)16(11(3)4,12(5)6)14(17)18/h11-13H,7-10H2,1-6H3,(H,17,18). The predicted octanol–water partition coefficient (Wildman–Crippen LogP) is 3.88. The van der Waals surface area contributed by atoms with Gasteiger partial charge in [-0.05, 0) is 24.7 Å². The van der Waals surface area contributed by atoms with Gasteiger partial charge in [0.2, 0.25) is 0 Å². The lowest BCUT2D eigenvalue weighted by Gasteiger charge is -2.35. The van der Waals surface area contributed by atoms with Crippen molar-refractivity contribution in [3.05, 3.63) is 0 Å². The van der Waals surface area contributed by atoms with Gasteiger partial charge >= 0.3 is 11.9 Å². The second-order valence-electron chi connectivity index (χ2n) is 6.06. The van der Waals surface area contributed by atoms with Gasteiger partial charge in [-0.15, -0.1) is 0 Å². The third-order valence-electron chi connectivity index (χ3n) is 4.12. The number of hydrogen-bond donors (Lipinski definition) is 1. The first kappa shape index (κ1) is 18.9. The molecule has 1 unspecified atom stereocenters. The molecule has 0 aliphatic carbocycles. The van der Waals surface area contributed by atoms with Crippen LogP contribution in [0.3, 0.4) is 0 Å².